The van der Waals surface area contributed by atoms with Crippen LogP contribution < -0.4 is 0 Å². The summed E-state index contributed by atoms with van der Waals surface area (Å²) in [6.07, 6.45) is 5.46. The average Bonchev–Trinajstić information content (AvgIpc) is 2.78. The molecule has 0 unspecified atom stereocenters. The molecule has 2 saturated heterocycles. The molecule has 5 nitrogen and oxygen atoms in total. The quantitative estimate of drug-likeness (QED) is 0.721. The van der Waals surface area contributed by atoms with Gasteiger partial charge in [0.15, 0.2) is 0 Å². The number of aliphatic hydroxyl groups excluding tert-OH is 1. The monoisotopic (exact) mass is 252 g/mol. The van der Waals surface area contributed by atoms with Crippen molar-refractivity contribution >= 4 is 11.8 Å². The van der Waals surface area contributed by atoms with Gasteiger partial charge in [0, 0.05) is 19.0 Å². The molecule has 3 aliphatic rings. The van der Waals surface area contributed by atoms with E-state index in [1.165, 1.54) is 6.42 Å². The highest BCUT2D eigenvalue weighted by Crippen LogP contribution is 2.29. The predicted octanol–water partition coefficient (Wildman–Crippen LogP) is 0.123. The second-order valence-electron chi connectivity index (χ2n) is 5.71. The molecule has 0 aromatic heterocycles. The lowest BCUT2D eigenvalue weighted by molar-refractivity contribution is -0.156. The maximum absolute atomic E-state index is 12.4. The van der Waals surface area contributed by atoms with E-state index in [1.54, 1.807) is 9.80 Å². The van der Waals surface area contributed by atoms with Crippen LogP contribution in [0.4, 0.5) is 0 Å². The molecule has 18 heavy (non-hydrogen) atoms. The molecule has 2 atom stereocenters. The van der Waals surface area contributed by atoms with Gasteiger partial charge in [-0.15, -0.1) is 0 Å². The fourth-order valence-electron chi connectivity index (χ4n) is 3.53. The molecular formula is C13H20N2O3. The molecule has 2 heterocycles. The Morgan fingerprint density at radius 3 is 2.50 bits per heavy atom. The smallest absolute Gasteiger partial charge is 0.246 e. The van der Waals surface area contributed by atoms with Gasteiger partial charge in [0.1, 0.15) is 12.6 Å². The van der Waals surface area contributed by atoms with Crippen LogP contribution in [0.3, 0.4) is 0 Å². The van der Waals surface area contributed by atoms with Crippen LogP contribution in [0.2, 0.25) is 0 Å². The van der Waals surface area contributed by atoms with Crippen molar-refractivity contribution in [2.45, 2.75) is 56.7 Å². The molecule has 2 aliphatic heterocycles. The van der Waals surface area contributed by atoms with Gasteiger partial charge in [-0.25, -0.2) is 0 Å². The molecule has 3 fully saturated rings. The third-order valence-corrected chi connectivity index (χ3v) is 4.49. The highest BCUT2D eigenvalue weighted by molar-refractivity contribution is 5.95. The first-order chi connectivity index (χ1) is 8.66. The highest BCUT2D eigenvalue weighted by atomic mass is 16.3. The largest absolute Gasteiger partial charge is 0.391 e. The predicted molar refractivity (Wildman–Crippen MR) is 64.7 cm³/mol. The van der Waals surface area contributed by atoms with Crippen LogP contribution >= 0.6 is 0 Å². The Kier molecular flexibility index (Phi) is 3.01. The van der Waals surface area contributed by atoms with E-state index in [1.807, 2.05) is 0 Å². The van der Waals surface area contributed by atoms with Crippen LogP contribution in [0.25, 0.3) is 0 Å². The molecule has 100 valence electrons. The van der Waals surface area contributed by atoms with Crippen molar-refractivity contribution in [3.8, 4) is 0 Å². The van der Waals surface area contributed by atoms with Crippen molar-refractivity contribution in [1.82, 2.24) is 9.80 Å². The average molecular weight is 252 g/mol. The van der Waals surface area contributed by atoms with E-state index < -0.39 is 12.1 Å². The van der Waals surface area contributed by atoms with Crippen LogP contribution in [0, 0.1) is 0 Å². The summed E-state index contributed by atoms with van der Waals surface area (Å²) in [6, 6.07) is -0.154. The Morgan fingerprint density at radius 1 is 1.06 bits per heavy atom. The summed E-state index contributed by atoms with van der Waals surface area (Å²) < 4.78 is 0. The molecule has 5 heteroatoms. The number of carbonyl (C=O) groups excluding carboxylic acids is 2. The number of hydrogen-bond donors (Lipinski definition) is 1. The number of carbonyl (C=O) groups is 2. The van der Waals surface area contributed by atoms with E-state index in [9.17, 15) is 14.7 Å². The number of piperazine rings is 1. The molecule has 1 N–H and O–H groups in total. The second-order valence-corrected chi connectivity index (χ2v) is 5.71. The summed E-state index contributed by atoms with van der Waals surface area (Å²) >= 11 is 0. The first kappa shape index (κ1) is 12.0. The molecule has 0 aromatic rings. The summed E-state index contributed by atoms with van der Waals surface area (Å²) in [5, 5.41) is 9.63. The lowest BCUT2D eigenvalue weighted by atomic mass is 9.93. The van der Waals surface area contributed by atoms with Crippen molar-refractivity contribution in [1.29, 1.82) is 0 Å². The number of amides is 2. The molecule has 2 amide bonds. The lowest BCUT2D eigenvalue weighted by Crippen LogP contribution is -2.60. The summed E-state index contributed by atoms with van der Waals surface area (Å²) in [5.74, 6) is 0.0553. The van der Waals surface area contributed by atoms with Gasteiger partial charge < -0.3 is 14.9 Å². The van der Waals surface area contributed by atoms with Crippen LogP contribution in [-0.2, 0) is 9.59 Å². The van der Waals surface area contributed by atoms with E-state index in [2.05, 4.69) is 0 Å². The van der Waals surface area contributed by atoms with Crippen LogP contribution in [-0.4, -0.2) is 58.0 Å². The van der Waals surface area contributed by atoms with E-state index >= 15 is 0 Å². The van der Waals surface area contributed by atoms with Gasteiger partial charge in [-0.1, -0.05) is 19.3 Å². The third-order valence-electron chi connectivity index (χ3n) is 4.49. The van der Waals surface area contributed by atoms with Crippen molar-refractivity contribution in [2.75, 3.05) is 13.1 Å². The molecular weight excluding hydrogens is 232 g/mol. The number of hydrogen-bond acceptors (Lipinski definition) is 3. The zero-order valence-corrected chi connectivity index (χ0v) is 10.5. The van der Waals surface area contributed by atoms with Gasteiger partial charge >= 0.3 is 0 Å². The summed E-state index contributed by atoms with van der Waals surface area (Å²) in [6.45, 7) is 0.542. The van der Waals surface area contributed by atoms with Crippen molar-refractivity contribution in [3.63, 3.8) is 0 Å². The van der Waals surface area contributed by atoms with Gasteiger partial charge in [0.05, 0.1) is 6.10 Å². The normalized spacial score (nSPS) is 34.1. The Hall–Kier alpha value is -1.10. The summed E-state index contributed by atoms with van der Waals surface area (Å²) in [4.78, 5) is 27.8. The van der Waals surface area contributed by atoms with Crippen molar-refractivity contribution in [2.24, 2.45) is 0 Å². The van der Waals surface area contributed by atoms with Gasteiger partial charge in [-0.3, -0.25) is 9.59 Å². The molecule has 0 radical (unpaired) electrons. The summed E-state index contributed by atoms with van der Waals surface area (Å²) in [7, 11) is 0. The minimum Gasteiger partial charge on any atom is -0.391 e. The zero-order chi connectivity index (χ0) is 12.7. The number of fused-ring (bicyclic) bond motifs is 1. The maximum atomic E-state index is 12.4. The van der Waals surface area contributed by atoms with E-state index in [4.69, 9.17) is 0 Å². The fourth-order valence-corrected chi connectivity index (χ4v) is 3.53. The second kappa shape index (κ2) is 4.53. The number of rotatable bonds is 1. The first-order valence-corrected chi connectivity index (χ1v) is 6.95. The van der Waals surface area contributed by atoms with Crippen molar-refractivity contribution < 1.29 is 14.7 Å². The zero-order valence-electron chi connectivity index (χ0n) is 10.5. The minimum atomic E-state index is -0.533. The standard InChI is InChI=1S/C13H20N2O3/c16-10-6-11-13(18)14(8-12(17)15(11)7-10)9-4-2-1-3-5-9/h9-11,16H,1-8H2/t10-,11+/m1/s1. The minimum absolute atomic E-state index is 0.00160. The van der Waals surface area contributed by atoms with Gasteiger partial charge in [0.25, 0.3) is 0 Å². The lowest BCUT2D eigenvalue weighted by Gasteiger charge is -2.41. The van der Waals surface area contributed by atoms with Crippen LogP contribution in [0.5, 0.6) is 0 Å². The van der Waals surface area contributed by atoms with Crippen LogP contribution in [0.1, 0.15) is 38.5 Å². The van der Waals surface area contributed by atoms with Gasteiger partial charge in [-0.05, 0) is 12.8 Å². The van der Waals surface area contributed by atoms with Gasteiger partial charge in [0.2, 0.25) is 11.8 Å². The van der Waals surface area contributed by atoms with Crippen LogP contribution in [0.15, 0.2) is 0 Å². The third kappa shape index (κ3) is 1.90. The Labute approximate surface area is 107 Å². The first-order valence-electron chi connectivity index (χ1n) is 6.95. The van der Waals surface area contributed by atoms with Gasteiger partial charge in [-0.2, -0.15) is 0 Å². The number of aliphatic hydroxyl groups is 1. The number of nitrogens with zero attached hydrogens (tertiary/aromatic N) is 2. The Morgan fingerprint density at radius 2 is 1.78 bits per heavy atom. The fraction of sp³-hybridized carbons (Fsp3) is 0.846. The Balaban J connectivity index is 1.76. The molecule has 0 spiro atoms. The molecule has 0 aromatic carbocycles. The highest BCUT2D eigenvalue weighted by Gasteiger charge is 2.46. The molecule has 0 bridgehead atoms. The molecule has 1 aliphatic carbocycles. The summed E-state index contributed by atoms with van der Waals surface area (Å²) in [5.41, 5.74) is 0. The topological polar surface area (TPSA) is 60.9 Å². The molecule has 1 saturated carbocycles. The Bertz CT molecular complexity index is 365. The molecule has 3 rings (SSSR count). The van der Waals surface area contributed by atoms with E-state index in [0.717, 1.165) is 25.7 Å². The van der Waals surface area contributed by atoms with E-state index in [0.29, 0.717) is 13.0 Å². The van der Waals surface area contributed by atoms with E-state index in [-0.39, 0.29) is 24.4 Å². The SMILES string of the molecule is O=C1[C@@H]2C[C@@H](O)CN2C(=O)CN1C1CCCCC1. The maximum Gasteiger partial charge on any atom is 0.246 e. The van der Waals surface area contributed by atoms with Crippen molar-refractivity contribution in [3.05, 3.63) is 0 Å².